The predicted molar refractivity (Wildman–Crippen MR) is 89.1 cm³/mol. The van der Waals surface area contributed by atoms with Crippen LogP contribution in [0.5, 0.6) is 5.75 Å². The molecule has 1 fully saturated rings. The van der Waals surface area contributed by atoms with Gasteiger partial charge in [-0.05, 0) is 43.4 Å². The number of nitrogens with one attached hydrogen (secondary N) is 2. The summed E-state index contributed by atoms with van der Waals surface area (Å²) in [7, 11) is 0. The average Bonchev–Trinajstić information content (AvgIpc) is 2.60. The number of hydrogen-bond acceptors (Lipinski definition) is 3. The summed E-state index contributed by atoms with van der Waals surface area (Å²) >= 11 is 0. The topological polar surface area (TPSA) is 67.4 Å². The number of carbonyl (C=O) groups excluding carboxylic acids is 2. The molecule has 1 aromatic carbocycles. The van der Waals surface area contributed by atoms with Crippen LogP contribution in [0.2, 0.25) is 0 Å². The van der Waals surface area contributed by atoms with Gasteiger partial charge in [0.25, 0.3) is 0 Å². The van der Waals surface area contributed by atoms with Crippen molar-refractivity contribution in [3.63, 3.8) is 0 Å². The molecular weight excluding hydrogens is 292 g/mol. The Bertz CT molecular complexity index is 508. The molecule has 0 saturated heterocycles. The van der Waals surface area contributed by atoms with Crippen LogP contribution in [-0.4, -0.2) is 24.5 Å². The van der Waals surface area contributed by atoms with Gasteiger partial charge < -0.3 is 15.4 Å². The molecular formula is C18H26N2O3. The smallest absolute Gasteiger partial charge is 0.239 e. The molecule has 126 valence electrons. The fraction of sp³-hybridized carbons (Fsp3) is 0.556. The summed E-state index contributed by atoms with van der Waals surface area (Å²) < 4.78 is 5.98. The standard InChI is InChI=1S/C18H26N2O3/c1-2-17(21)20-13-18(22)19-12-14-8-10-16(11-9-14)23-15-6-4-3-5-7-15/h8-11,15H,2-7,12-13H2,1H3,(H,19,22)(H,20,21). The van der Waals surface area contributed by atoms with Crippen molar-refractivity contribution in [1.29, 1.82) is 0 Å². The van der Waals surface area contributed by atoms with Crippen molar-refractivity contribution in [3.8, 4) is 5.75 Å². The average molecular weight is 318 g/mol. The van der Waals surface area contributed by atoms with Gasteiger partial charge in [0.05, 0.1) is 12.6 Å². The summed E-state index contributed by atoms with van der Waals surface area (Å²) in [5.74, 6) is 0.584. The first kappa shape index (κ1) is 17.3. The summed E-state index contributed by atoms with van der Waals surface area (Å²) in [6.45, 7) is 2.23. The molecule has 1 aromatic rings. The number of amides is 2. The molecule has 1 saturated carbocycles. The van der Waals surface area contributed by atoms with Crippen molar-refractivity contribution < 1.29 is 14.3 Å². The van der Waals surface area contributed by atoms with Crippen LogP contribution in [0.3, 0.4) is 0 Å². The van der Waals surface area contributed by atoms with Gasteiger partial charge in [-0.2, -0.15) is 0 Å². The summed E-state index contributed by atoms with van der Waals surface area (Å²) in [5.41, 5.74) is 1.01. The molecule has 0 atom stereocenters. The molecule has 2 amide bonds. The zero-order chi connectivity index (χ0) is 16.5. The second kappa shape index (κ2) is 9.18. The lowest BCUT2D eigenvalue weighted by Gasteiger charge is -2.23. The highest BCUT2D eigenvalue weighted by Gasteiger charge is 2.14. The van der Waals surface area contributed by atoms with Gasteiger partial charge in [-0.3, -0.25) is 9.59 Å². The van der Waals surface area contributed by atoms with Crippen LogP contribution in [0.1, 0.15) is 51.0 Å². The SMILES string of the molecule is CCC(=O)NCC(=O)NCc1ccc(OC2CCCCC2)cc1. The Morgan fingerprint density at radius 3 is 2.39 bits per heavy atom. The molecule has 2 rings (SSSR count). The summed E-state index contributed by atoms with van der Waals surface area (Å²) in [6.07, 6.45) is 6.83. The van der Waals surface area contributed by atoms with Crippen LogP contribution in [0, 0.1) is 0 Å². The maximum atomic E-state index is 11.6. The molecule has 1 aliphatic rings. The Morgan fingerprint density at radius 1 is 1.04 bits per heavy atom. The van der Waals surface area contributed by atoms with E-state index in [4.69, 9.17) is 4.74 Å². The van der Waals surface area contributed by atoms with Gasteiger partial charge in [-0.1, -0.05) is 25.5 Å². The number of carbonyl (C=O) groups is 2. The Labute approximate surface area is 137 Å². The van der Waals surface area contributed by atoms with Gasteiger partial charge in [0.15, 0.2) is 0 Å². The van der Waals surface area contributed by atoms with E-state index in [0.717, 1.165) is 24.2 Å². The molecule has 0 spiro atoms. The van der Waals surface area contributed by atoms with Crippen LogP contribution >= 0.6 is 0 Å². The second-order valence-electron chi connectivity index (χ2n) is 5.93. The molecule has 0 aliphatic heterocycles. The zero-order valence-electron chi connectivity index (χ0n) is 13.8. The van der Waals surface area contributed by atoms with Gasteiger partial charge in [0.1, 0.15) is 5.75 Å². The summed E-state index contributed by atoms with van der Waals surface area (Å²) in [5, 5.41) is 5.34. The van der Waals surface area contributed by atoms with E-state index in [0.29, 0.717) is 19.1 Å². The minimum Gasteiger partial charge on any atom is -0.490 e. The highest BCUT2D eigenvalue weighted by molar-refractivity contribution is 5.84. The lowest BCUT2D eigenvalue weighted by molar-refractivity contribution is -0.126. The Balaban J connectivity index is 1.71. The van der Waals surface area contributed by atoms with Crippen molar-refractivity contribution in [2.24, 2.45) is 0 Å². The van der Waals surface area contributed by atoms with Gasteiger partial charge in [0, 0.05) is 13.0 Å². The monoisotopic (exact) mass is 318 g/mol. The molecule has 23 heavy (non-hydrogen) atoms. The van der Waals surface area contributed by atoms with E-state index in [1.165, 1.54) is 19.3 Å². The quantitative estimate of drug-likeness (QED) is 0.812. The Hall–Kier alpha value is -2.04. The maximum absolute atomic E-state index is 11.6. The van der Waals surface area contributed by atoms with E-state index in [1.807, 2.05) is 24.3 Å². The second-order valence-corrected chi connectivity index (χ2v) is 5.93. The normalized spacial score (nSPS) is 15.0. The number of ether oxygens (including phenoxy) is 1. The predicted octanol–water partition coefficient (Wildman–Crippen LogP) is 2.54. The Morgan fingerprint density at radius 2 is 1.74 bits per heavy atom. The fourth-order valence-electron chi connectivity index (χ4n) is 2.63. The Kier molecular flexibility index (Phi) is 6.91. The lowest BCUT2D eigenvalue weighted by atomic mass is 9.98. The molecule has 0 radical (unpaired) electrons. The van der Waals surface area contributed by atoms with E-state index >= 15 is 0 Å². The largest absolute Gasteiger partial charge is 0.490 e. The van der Waals surface area contributed by atoms with E-state index in [-0.39, 0.29) is 18.4 Å². The van der Waals surface area contributed by atoms with Crippen molar-refractivity contribution in [3.05, 3.63) is 29.8 Å². The first-order valence-electron chi connectivity index (χ1n) is 8.46. The van der Waals surface area contributed by atoms with E-state index < -0.39 is 0 Å². The zero-order valence-corrected chi connectivity index (χ0v) is 13.8. The van der Waals surface area contributed by atoms with Gasteiger partial charge in [0.2, 0.25) is 11.8 Å². The van der Waals surface area contributed by atoms with Gasteiger partial charge >= 0.3 is 0 Å². The maximum Gasteiger partial charge on any atom is 0.239 e. The number of hydrogen-bond donors (Lipinski definition) is 2. The van der Waals surface area contributed by atoms with Crippen LogP contribution in [0.25, 0.3) is 0 Å². The third-order valence-corrected chi connectivity index (χ3v) is 4.04. The molecule has 0 unspecified atom stereocenters. The first-order valence-corrected chi connectivity index (χ1v) is 8.46. The van der Waals surface area contributed by atoms with Gasteiger partial charge in [-0.15, -0.1) is 0 Å². The third kappa shape index (κ3) is 6.30. The first-order chi connectivity index (χ1) is 11.2. The van der Waals surface area contributed by atoms with Gasteiger partial charge in [-0.25, -0.2) is 0 Å². The number of rotatable bonds is 7. The minimum atomic E-state index is -0.186. The molecule has 0 aromatic heterocycles. The molecule has 1 aliphatic carbocycles. The minimum absolute atomic E-state index is 0.0234. The lowest BCUT2D eigenvalue weighted by Crippen LogP contribution is -2.36. The van der Waals surface area contributed by atoms with Crippen LogP contribution < -0.4 is 15.4 Å². The van der Waals surface area contributed by atoms with E-state index in [1.54, 1.807) is 6.92 Å². The molecule has 5 heteroatoms. The molecule has 0 bridgehead atoms. The van der Waals surface area contributed by atoms with Crippen LogP contribution in [0.15, 0.2) is 24.3 Å². The highest BCUT2D eigenvalue weighted by Crippen LogP contribution is 2.23. The highest BCUT2D eigenvalue weighted by atomic mass is 16.5. The molecule has 5 nitrogen and oxygen atoms in total. The summed E-state index contributed by atoms with van der Waals surface area (Å²) in [6, 6.07) is 7.83. The van der Waals surface area contributed by atoms with Crippen molar-refractivity contribution in [2.45, 2.75) is 58.1 Å². The van der Waals surface area contributed by atoms with Crippen molar-refractivity contribution in [1.82, 2.24) is 10.6 Å². The molecule has 0 heterocycles. The third-order valence-electron chi connectivity index (χ3n) is 4.04. The van der Waals surface area contributed by atoms with Crippen LogP contribution in [0.4, 0.5) is 0 Å². The molecule has 2 N–H and O–H groups in total. The van der Waals surface area contributed by atoms with Crippen molar-refractivity contribution >= 4 is 11.8 Å². The van der Waals surface area contributed by atoms with E-state index in [2.05, 4.69) is 10.6 Å². The van der Waals surface area contributed by atoms with Crippen LogP contribution in [-0.2, 0) is 16.1 Å². The fourth-order valence-corrected chi connectivity index (χ4v) is 2.63. The van der Waals surface area contributed by atoms with Crippen molar-refractivity contribution in [2.75, 3.05) is 6.54 Å². The summed E-state index contributed by atoms with van der Waals surface area (Å²) in [4.78, 5) is 22.7. The number of benzene rings is 1. The van der Waals surface area contributed by atoms with E-state index in [9.17, 15) is 9.59 Å².